The van der Waals surface area contributed by atoms with Gasteiger partial charge in [-0.2, -0.15) is 26.3 Å². The number of aliphatic carboxylic acids is 1. The summed E-state index contributed by atoms with van der Waals surface area (Å²) in [5.74, 6) is -7.11. The van der Waals surface area contributed by atoms with Crippen LogP contribution < -0.4 is 15.8 Å². The van der Waals surface area contributed by atoms with Crippen molar-refractivity contribution in [3.63, 3.8) is 0 Å². The van der Waals surface area contributed by atoms with Gasteiger partial charge in [-0.3, -0.25) is 14.6 Å². The summed E-state index contributed by atoms with van der Waals surface area (Å²) in [6, 6.07) is 3.51. The maximum atomic E-state index is 15.2. The second-order valence-corrected chi connectivity index (χ2v) is 12.3. The molecule has 1 aliphatic carbocycles. The summed E-state index contributed by atoms with van der Waals surface area (Å²) in [5.41, 5.74) is -4.51. The number of nitrogens with zero attached hydrogens (tertiary/aromatic N) is 3. The molecule has 0 radical (unpaired) electrons. The number of anilines is 1. The maximum Gasteiger partial charge on any atom is 0.417 e. The first-order valence-corrected chi connectivity index (χ1v) is 14.9. The highest BCUT2D eigenvalue weighted by Crippen LogP contribution is 2.55. The van der Waals surface area contributed by atoms with Gasteiger partial charge < -0.3 is 19.9 Å². The number of carbonyl (C=O) groups is 2. The van der Waals surface area contributed by atoms with Crippen LogP contribution in [0.25, 0.3) is 22.0 Å². The minimum absolute atomic E-state index is 0.0514. The number of fused-ring (bicyclic) bond motifs is 2. The van der Waals surface area contributed by atoms with E-state index in [9.17, 15) is 45.8 Å². The number of piperidine rings is 1. The molecule has 2 aliphatic rings. The predicted octanol–water partition coefficient (Wildman–Crippen LogP) is 6.02. The number of amides is 1. The fourth-order valence-corrected chi connectivity index (χ4v) is 6.66. The summed E-state index contributed by atoms with van der Waals surface area (Å²) in [5, 5.41) is 12.1. The first kappa shape index (κ1) is 33.9. The third-order valence-electron chi connectivity index (χ3n) is 9.20. The third-order valence-corrected chi connectivity index (χ3v) is 9.20. The summed E-state index contributed by atoms with van der Waals surface area (Å²) in [7, 11) is 1.30. The number of aryl methyl sites for hydroxylation is 1. The van der Waals surface area contributed by atoms with Crippen molar-refractivity contribution in [3.05, 3.63) is 93.0 Å². The van der Waals surface area contributed by atoms with E-state index in [0.29, 0.717) is 18.6 Å². The van der Waals surface area contributed by atoms with Gasteiger partial charge in [-0.25, -0.2) is 13.6 Å². The van der Waals surface area contributed by atoms with Gasteiger partial charge in [0.05, 0.1) is 16.6 Å². The first-order chi connectivity index (χ1) is 22.9. The Morgan fingerprint density at radius 3 is 2.35 bits per heavy atom. The molecule has 16 heteroatoms. The van der Waals surface area contributed by atoms with E-state index in [0.717, 1.165) is 15.5 Å². The normalized spacial score (nSPS) is 19.6. The van der Waals surface area contributed by atoms with Crippen LogP contribution in [-0.2, 0) is 24.4 Å². The van der Waals surface area contributed by atoms with Crippen molar-refractivity contribution in [2.24, 2.45) is 18.9 Å². The SMILES string of the molecule is Cc1cc(C(F)(F)F)c(-c2ccc(C[C@H](NC(=O)c3c(F)cc(N4C[C@H]5C[C@H]5[C@@H]4C(F)(F)F)cc3F)C(=O)O)c3cccnc23)c(=O)n1C. The Morgan fingerprint density at radius 1 is 1.06 bits per heavy atom. The average Bonchev–Trinajstić information content (AvgIpc) is 3.65. The van der Waals surface area contributed by atoms with Crippen molar-refractivity contribution < 1.29 is 49.8 Å². The standard InChI is InChI=1S/C33H26F8N4O4/c1-14-8-21(32(36,37)38)25(30(47)44(14)2)19-6-5-15(18-4-3-7-42-27(18)19)10-24(31(48)49)43-29(46)26-22(34)11-17(12-23(26)35)45-13-16-9-20(16)28(45)33(39,40)41/h3-8,11-12,16,20,24,28H,9-10,13H2,1-2H3,(H,43,46)(H,48,49)/t16-,20-,24+,28-/m1/s1. The smallest absolute Gasteiger partial charge is 0.417 e. The number of halogens is 8. The van der Waals surface area contributed by atoms with Crippen LogP contribution in [0.3, 0.4) is 0 Å². The Bertz CT molecular complexity index is 2050. The minimum atomic E-state index is -4.91. The van der Waals surface area contributed by atoms with E-state index in [-0.39, 0.29) is 40.2 Å². The van der Waals surface area contributed by atoms with E-state index in [2.05, 4.69) is 4.98 Å². The lowest BCUT2D eigenvalue weighted by molar-refractivity contribution is -0.150. The van der Waals surface area contributed by atoms with Gasteiger partial charge in [-0.1, -0.05) is 18.2 Å². The molecule has 8 nitrogen and oxygen atoms in total. The Kier molecular flexibility index (Phi) is 8.18. The molecular weight excluding hydrogens is 668 g/mol. The summed E-state index contributed by atoms with van der Waals surface area (Å²) >= 11 is 0. The molecule has 2 aromatic carbocycles. The molecule has 0 unspecified atom stereocenters. The summed E-state index contributed by atoms with van der Waals surface area (Å²) < 4.78 is 115. The number of aromatic nitrogens is 2. The van der Waals surface area contributed by atoms with Crippen LogP contribution in [0.15, 0.2) is 53.5 Å². The summed E-state index contributed by atoms with van der Waals surface area (Å²) in [6.07, 6.45) is -8.50. The number of carboxylic acids is 1. The number of rotatable bonds is 7. The van der Waals surface area contributed by atoms with Crippen molar-refractivity contribution in [3.8, 4) is 11.1 Å². The van der Waals surface area contributed by atoms with Gasteiger partial charge in [-0.05, 0) is 55.0 Å². The number of alkyl halides is 6. The van der Waals surface area contributed by atoms with Gasteiger partial charge in [0, 0.05) is 48.5 Å². The zero-order valence-electron chi connectivity index (χ0n) is 25.6. The molecule has 49 heavy (non-hydrogen) atoms. The van der Waals surface area contributed by atoms with E-state index >= 15 is 8.78 Å². The molecule has 1 saturated heterocycles. The number of carbonyl (C=O) groups excluding carboxylic acids is 1. The fraction of sp³-hybridized carbons (Fsp3) is 0.333. The van der Waals surface area contributed by atoms with Gasteiger partial charge in [0.15, 0.2) is 0 Å². The number of hydrogen-bond acceptors (Lipinski definition) is 5. The molecule has 1 saturated carbocycles. The van der Waals surface area contributed by atoms with Crippen LogP contribution in [0.1, 0.15) is 33.6 Å². The van der Waals surface area contributed by atoms with E-state index < -0.39 is 88.2 Å². The molecule has 4 atom stereocenters. The van der Waals surface area contributed by atoms with Gasteiger partial charge >= 0.3 is 18.3 Å². The molecule has 0 spiro atoms. The zero-order valence-corrected chi connectivity index (χ0v) is 25.6. The highest BCUT2D eigenvalue weighted by molar-refractivity contribution is 5.99. The van der Waals surface area contributed by atoms with Crippen molar-refractivity contribution in [2.45, 2.75) is 44.2 Å². The lowest BCUT2D eigenvalue weighted by atomic mass is 9.93. The number of nitrogens with one attached hydrogen (secondary N) is 1. The number of pyridine rings is 2. The van der Waals surface area contributed by atoms with E-state index in [1.807, 2.05) is 5.32 Å². The molecular formula is C33H26F8N4O4. The molecule has 1 amide bonds. The van der Waals surface area contributed by atoms with Gasteiger partial charge in [0.1, 0.15) is 29.3 Å². The largest absolute Gasteiger partial charge is 0.480 e. The van der Waals surface area contributed by atoms with Crippen LogP contribution >= 0.6 is 0 Å². The molecule has 4 aromatic rings. The van der Waals surface area contributed by atoms with Crippen molar-refractivity contribution >= 4 is 28.5 Å². The van der Waals surface area contributed by atoms with Crippen LogP contribution in [-0.4, -0.2) is 51.3 Å². The summed E-state index contributed by atoms with van der Waals surface area (Å²) in [4.78, 5) is 43.4. The molecule has 3 heterocycles. The second-order valence-electron chi connectivity index (χ2n) is 12.3. The van der Waals surface area contributed by atoms with Crippen LogP contribution in [0.4, 0.5) is 40.8 Å². The fourth-order valence-electron chi connectivity index (χ4n) is 6.66. The van der Waals surface area contributed by atoms with E-state index in [4.69, 9.17) is 0 Å². The van der Waals surface area contributed by atoms with Crippen molar-refractivity contribution in [1.82, 2.24) is 14.9 Å². The quantitative estimate of drug-likeness (QED) is 0.230. The number of hydrogen-bond donors (Lipinski definition) is 2. The van der Waals surface area contributed by atoms with Gasteiger partial charge in [0.2, 0.25) is 0 Å². The first-order valence-electron chi connectivity index (χ1n) is 14.9. The number of benzene rings is 2. The Labute approximate surface area is 272 Å². The van der Waals surface area contributed by atoms with Crippen LogP contribution in [0, 0.1) is 30.4 Å². The van der Waals surface area contributed by atoms with Crippen molar-refractivity contribution in [1.29, 1.82) is 0 Å². The molecule has 1 aliphatic heterocycles. The highest BCUT2D eigenvalue weighted by Gasteiger charge is 2.62. The lowest BCUT2D eigenvalue weighted by Crippen LogP contribution is -2.45. The molecule has 2 fully saturated rings. The molecule has 0 bridgehead atoms. The second kappa shape index (κ2) is 11.8. The maximum absolute atomic E-state index is 15.2. The monoisotopic (exact) mass is 694 g/mol. The number of carboxylic acid groups (broad SMARTS) is 1. The molecule has 6 rings (SSSR count). The zero-order chi connectivity index (χ0) is 35.7. The van der Waals surface area contributed by atoms with E-state index in [1.165, 1.54) is 44.4 Å². The van der Waals surface area contributed by atoms with E-state index in [1.54, 1.807) is 0 Å². The highest BCUT2D eigenvalue weighted by atomic mass is 19.4. The van der Waals surface area contributed by atoms with Crippen LogP contribution in [0.5, 0.6) is 0 Å². The van der Waals surface area contributed by atoms with Crippen molar-refractivity contribution in [2.75, 3.05) is 11.4 Å². The lowest BCUT2D eigenvalue weighted by Gasteiger charge is -2.31. The van der Waals surface area contributed by atoms with Gasteiger partial charge in [-0.15, -0.1) is 0 Å². The topological polar surface area (TPSA) is 105 Å². The van der Waals surface area contributed by atoms with Crippen LogP contribution in [0.2, 0.25) is 0 Å². The average molecular weight is 695 g/mol. The Balaban J connectivity index is 1.31. The van der Waals surface area contributed by atoms with Gasteiger partial charge in [0.25, 0.3) is 11.5 Å². The Morgan fingerprint density at radius 2 is 1.73 bits per heavy atom. The minimum Gasteiger partial charge on any atom is -0.480 e. The molecule has 258 valence electrons. The predicted molar refractivity (Wildman–Crippen MR) is 160 cm³/mol. The molecule has 2 aromatic heterocycles. The molecule has 2 N–H and O–H groups in total. The summed E-state index contributed by atoms with van der Waals surface area (Å²) in [6.45, 7) is 1.27. The Hall–Kier alpha value is -5.02. The third kappa shape index (κ3) is 6.08.